The van der Waals surface area contributed by atoms with E-state index < -0.39 is 0 Å². The first-order valence-corrected chi connectivity index (χ1v) is 8.44. The van der Waals surface area contributed by atoms with Gasteiger partial charge in [-0.3, -0.25) is 0 Å². The van der Waals surface area contributed by atoms with Crippen molar-refractivity contribution in [3.8, 4) is 0 Å². The summed E-state index contributed by atoms with van der Waals surface area (Å²) in [4.78, 5) is 2.38. The van der Waals surface area contributed by atoms with Gasteiger partial charge in [0.1, 0.15) is 0 Å². The van der Waals surface area contributed by atoms with Crippen LogP contribution in [0.1, 0.15) is 32.3 Å². The summed E-state index contributed by atoms with van der Waals surface area (Å²) < 4.78 is 6.65. The van der Waals surface area contributed by atoms with Crippen molar-refractivity contribution in [2.45, 2.75) is 26.7 Å². The summed E-state index contributed by atoms with van der Waals surface area (Å²) >= 11 is 1.39. The first kappa shape index (κ1) is 15.4. The van der Waals surface area contributed by atoms with Crippen molar-refractivity contribution >= 4 is 9.78 Å². The minimum atomic E-state index is 0.983. The summed E-state index contributed by atoms with van der Waals surface area (Å²) in [6.45, 7) is 5.46. The Balaban J connectivity index is 2.53. The van der Waals surface area contributed by atoms with E-state index in [0.717, 1.165) is 23.5 Å². The number of hydrogen-bond acceptors (Lipinski definition) is 2. The first-order valence-electron chi connectivity index (χ1n) is 6.98. The Morgan fingerprint density at radius 3 is 2.60 bits per heavy atom. The van der Waals surface area contributed by atoms with E-state index in [2.05, 4.69) is 55.3 Å². The fraction of sp³-hybridized carbons (Fsp3) is 0.353. The predicted octanol–water partition coefficient (Wildman–Crippen LogP) is 3.74. The van der Waals surface area contributed by atoms with Crippen molar-refractivity contribution in [2.24, 2.45) is 0 Å². The van der Waals surface area contributed by atoms with Crippen LogP contribution in [0.25, 0.3) is 5.70 Å². The molecule has 1 aromatic rings. The van der Waals surface area contributed by atoms with E-state index in [9.17, 15) is 0 Å². The molecule has 1 aliphatic heterocycles. The van der Waals surface area contributed by atoms with E-state index in [1.54, 1.807) is 7.11 Å². The topological polar surface area (TPSA) is 12.5 Å². The second-order valence-electron chi connectivity index (χ2n) is 5.03. The Kier molecular flexibility index (Phi) is 5.51. The summed E-state index contributed by atoms with van der Waals surface area (Å²) in [7, 11) is 1.77. The second kappa shape index (κ2) is 7.15. The molecule has 0 aromatic heterocycles. The van der Waals surface area contributed by atoms with Crippen LogP contribution in [0, 0.1) is 0 Å². The molecule has 0 bridgehead atoms. The number of benzene rings is 1. The normalized spacial score (nSPS) is 15.3. The van der Waals surface area contributed by atoms with Crippen LogP contribution in [0.15, 0.2) is 47.7 Å². The summed E-state index contributed by atoms with van der Waals surface area (Å²) in [5.41, 5.74) is 5.31. The van der Waals surface area contributed by atoms with Crippen molar-refractivity contribution in [3.05, 3.63) is 53.2 Å². The van der Waals surface area contributed by atoms with Gasteiger partial charge in [-0.15, -0.1) is 0 Å². The zero-order valence-corrected chi connectivity index (χ0v) is 15.3. The molecule has 0 aliphatic carbocycles. The molecule has 1 aromatic carbocycles. The molecule has 0 fully saturated rings. The van der Waals surface area contributed by atoms with Crippen molar-refractivity contribution in [1.29, 1.82) is 0 Å². The SMILES string of the molecule is CCCN1C=C(C)CC([C](=[W])OC)=C1c1ccccc1. The van der Waals surface area contributed by atoms with Crippen LogP contribution < -0.4 is 0 Å². The van der Waals surface area contributed by atoms with Crippen molar-refractivity contribution < 1.29 is 24.1 Å². The van der Waals surface area contributed by atoms with Crippen LogP contribution in [0.5, 0.6) is 0 Å². The fourth-order valence-electron chi connectivity index (χ4n) is 2.56. The van der Waals surface area contributed by atoms with E-state index in [4.69, 9.17) is 4.74 Å². The number of nitrogens with zero attached hydrogens (tertiary/aromatic N) is 1. The van der Waals surface area contributed by atoms with Crippen LogP contribution in [-0.4, -0.2) is 22.6 Å². The van der Waals surface area contributed by atoms with Crippen LogP contribution in [-0.2, 0) is 24.1 Å². The Morgan fingerprint density at radius 1 is 1.30 bits per heavy atom. The molecular weight excluding hydrogens is 418 g/mol. The van der Waals surface area contributed by atoms with Gasteiger partial charge >= 0.3 is 132 Å². The van der Waals surface area contributed by atoms with Crippen molar-refractivity contribution in [3.63, 3.8) is 0 Å². The fourth-order valence-corrected chi connectivity index (χ4v) is 3.16. The molecule has 106 valence electrons. The van der Waals surface area contributed by atoms with Crippen LogP contribution in [0.3, 0.4) is 0 Å². The molecule has 0 saturated carbocycles. The van der Waals surface area contributed by atoms with Gasteiger partial charge in [-0.2, -0.15) is 0 Å². The Morgan fingerprint density at radius 2 is 2.00 bits per heavy atom. The molecule has 2 nitrogen and oxygen atoms in total. The molecule has 0 spiro atoms. The van der Waals surface area contributed by atoms with Crippen molar-refractivity contribution in [1.82, 2.24) is 4.90 Å². The average Bonchev–Trinajstić information content (AvgIpc) is 2.47. The molecule has 2 rings (SSSR count). The number of allylic oxidation sites excluding steroid dienone is 1. The Labute approximate surface area is 132 Å². The van der Waals surface area contributed by atoms with E-state index in [1.807, 2.05) is 0 Å². The minimum absolute atomic E-state index is 0.983. The van der Waals surface area contributed by atoms with Crippen molar-refractivity contribution in [2.75, 3.05) is 13.7 Å². The van der Waals surface area contributed by atoms with E-state index in [0.29, 0.717) is 0 Å². The van der Waals surface area contributed by atoms with E-state index in [-0.39, 0.29) is 0 Å². The van der Waals surface area contributed by atoms with Gasteiger partial charge in [-0.25, -0.2) is 0 Å². The van der Waals surface area contributed by atoms with Crippen LogP contribution in [0.2, 0.25) is 0 Å². The summed E-state index contributed by atoms with van der Waals surface area (Å²) in [5, 5.41) is 0. The first-order chi connectivity index (χ1) is 9.67. The maximum absolute atomic E-state index is 5.56. The molecule has 0 atom stereocenters. The molecular formula is C17H21NOW. The third-order valence-corrected chi connectivity index (χ3v) is 4.83. The van der Waals surface area contributed by atoms with Gasteiger partial charge < -0.3 is 0 Å². The molecule has 0 saturated heterocycles. The van der Waals surface area contributed by atoms with Gasteiger partial charge in [0.2, 0.25) is 0 Å². The molecule has 0 unspecified atom stereocenters. The average molecular weight is 439 g/mol. The van der Waals surface area contributed by atoms with Gasteiger partial charge in [0.25, 0.3) is 0 Å². The molecule has 0 radical (unpaired) electrons. The van der Waals surface area contributed by atoms with Gasteiger partial charge in [0.15, 0.2) is 0 Å². The van der Waals surface area contributed by atoms with Gasteiger partial charge in [0, 0.05) is 0 Å². The predicted molar refractivity (Wildman–Crippen MR) is 80.7 cm³/mol. The summed E-state index contributed by atoms with van der Waals surface area (Å²) in [6, 6.07) is 10.6. The summed E-state index contributed by atoms with van der Waals surface area (Å²) in [5.74, 6) is 0. The quantitative estimate of drug-likeness (QED) is 0.694. The van der Waals surface area contributed by atoms with Gasteiger partial charge in [-0.05, 0) is 0 Å². The molecule has 3 heteroatoms. The van der Waals surface area contributed by atoms with Crippen LogP contribution in [0.4, 0.5) is 0 Å². The zero-order chi connectivity index (χ0) is 14.5. The van der Waals surface area contributed by atoms with Crippen LogP contribution >= 0.6 is 0 Å². The second-order valence-corrected chi connectivity index (χ2v) is 6.36. The molecule has 1 heterocycles. The van der Waals surface area contributed by atoms with Gasteiger partial charge in [0.05, 0.1) is 0 Å². The standard InChI is InChI=1S/C17H21NO.W/c1-4-10-18-12-14(2)11-16(13-19-3)17(18)15-8-6-5-7-9-15;/h5-9,12H,4,10-11H2,1-3H3;. The third kappa shape index (κ3) is 3.37. The number of rotatable bonds is 5. The Bertz CT molecular complexity index is 545. The number of hydrogen-bond donors (Lipinski definition) is 0. The monoisotopic (exact) mass is 439 g/mol. The zero-order valence-electron chi connectivity index (χ0n) is 12.3. The van der Waals surface area contributed by atoms with E-state index in [1.165, 1.54) is 41.8 Å². The molecule has 20 heavy (non-hydrogen) atoms. The molecule has 0 amide bonds. The maximum atomic E-state index is 5.56. The molecule has 0 N–H and O–H groups in total. The third-order valence-electron chi connectivity index (χ3n) is 3.35. The number of ether oxygens (including phenoxy) is 1. The Hall–Kier alpha value is -0.982. The molecule has 1 aliphatic rings. The van der Waals surface area contributed by atoms with Gasteiger partial charge in [-0.1, -0.05) is 0 Å². The summed E-state index contributed by atoms with van der Waals surface area (Å²) in [6.07, 6.45) is 4.40. The van der Waals surface area contributed by atoms with E-state index >= 15 is 0 Å². The number of methoxy groups -OCH3 is 1.